The van der Waals surface area contributed by atoms with E-state index >= 15 is 4.39 Å². The standard InChI is InChI=1S/C32H37ClFN5O2.C2H4O.C2H6/c1-5-7-8-24(6-2)22(3)21-41-36-32(35)27-20-39(19-23-9-11-25(33)12-10-23)29-18-30(28(34)17-26(29)31(27)40)38-15-13-37(4)14-16-38;1-2-3;1-2/h5-12,17-18,20,22H,1,13-16,19,21H2,2-4H3,(H2,35,36);2H,1H3;1-2H3/b8-7-,24-6+;;. The monoisotopic (exact) mass is 651 g/mol. The molecule has 1 aromatic heterocycles. The fourth-order valence-electron chi connectivity index (χ4n) is 4.88. The molecular formula is C36H47ClFN5O3. The Kier molecular flexibility index (Phi) is 16.0. The molecular weight excluding hydrogens is 605 g/mol. The van der Waals surface area contributed by atoms with E-state index < -0.39 is 11.2 Å². The summed E-state index contributed by atoms with van der Waals surface area (Å²) in [6.07, 6.45) is 9.93. The highest BCUT2D eigenvalue weighted by molar-refractivity contribution is 6.30. The smallest absolute Gasteiger partial charge is 0.200 e. The molecule has 0 saturated carbocycles. The van der Waals surface area contributed by atoms with Crippen LogP contribution in [0.3, 0.4) is 0 Å². The topological polar surface area (TPSA) is 93.2 Å². The van der Waals surface area contributed by atoms with Gasteiger partial charge in [0.15, 0.2) is 5.84 Å². The second-order valence-electron chi connectivity index (χ2n) is 10.5. The zero-order valence-electron chi connectivity index (χ0n) is 27.8. The average molecular weight is 652 g/mol. The SMILES string of the molecule is C=C/C=C\C(=C/C)C(C)CO/N=C(\N)c1cn(Cc2ccc(Cl)cc2)c2cc(N3CCN(C)CC3)c(F)cc2c1=O.CC.CC=O. The number of hydrogen-bond donors (Lipinski definition) is 1. The van der Waals surface area contributed by atoms with Crippen molar-refractivity contribution in [3.05, 3.63) is 111 Å². The largest absolute Gasteiger partial charge is 0.393 e. The second-order valence-corrected chi connectivity index (χ2v) is 11.0. The molecule has 1 atom stereocenters. The number of benzene rings is 2. The van der Waals surface area contributed by atoms with Crippen molar-refractivity contribution >= 4 is 40.3 Å². The van der Waals surface area contributed by atoms with Gasteiger partial charge in [-0.25, -0.2) is 4.39 Å². The number of hydrogen-bond acceptors (Lipinski definition) is 6. The van der Waals surface area contributed by atoms with Gasteiger partial charge in [0.2, 0.25) is 5.43 Å². The minimum atomic E-state index is -0.443. The molecule has 0 aliphatic carbocycles. The van der Waals surface area contributed by atoms with Gasteiger partial charge in [0.1, 0.15) is 18.7 Å². The number of rotatable bonds is 10. The molecule has 8 nitrogen and oxygen atoms in total. The Hall–Kier alpha value is -4.21. The third-order valence-electron chi connectivity index (χ3n) is 7.35. The highest BCUT2D eigenvalue weighted by atomic mass is 35.5. The maximum absolute atomic E-state index is 15.5. The van der Waals surface area contributed by atoms with Gasteiger partial charge in [-0.3, -0.25) is 4.79 Å². The summed E-state index contributed by atoms with van der Waals surface area (Å²) < 4.78 is 17.4. The number of nitrogens with two attached hydrogens (primary N) is 1. The van der Waals surface area contributed by atoms with E-state index in [9.17, 15) is 4.79 Å². The number of nitrogens with zero attached hydrogens (tertiary/aromatic N) is 4. The molecule has 0 amide bonds. The number of fused-ring (bicyclic) bond motifs is 1. The van der Waals surface area contributed by atoms with E-state index in [2.05, 4.69) is 23.7 Å². The number of pyridine rings is 1. The van der Waals surface area contributed by atoms with Gasteiger partial charge in [-0.2, -0.15) is 0 Å². The second kappa shape index (κ2) is 19.3. The quantitative estimate of drug-likeness (QED) is 0.0854. The fraction of sp³-hybridized carbons (Fsp3) is 0.361. The zero-order chi connectivity index (χ0) is 34.2. The molecule has 46 heavy (non-hydrogen) atoms. The summed E-state index contributed by atoms with van der Waals surface area (Å²) in [4.78, 5) is 32.2. The maximum atomic E-state index is 15.5. The molecule has 2 N–H and O–H groups in total. The van der Waals surface area contributed by atoms with Crippen molar-refractivity contribution in [1.29, 1.82) is 0 Å². The Morgan fingerprint density at radius 1 is 1.15 bits per heavy atom. The van der Waals surface area contributed by atoms with E-state index in [0.29, 0.717) is 35.9 Å². The molecule has 4 rings (SSSR count). The van der Waals surface area contributed by atoms with Crippen LogP contribution in [0.5, 0.6) is 0 Å². The Morgan fingerprint density at radius 2 is 1.78 bits per heavy atom. The predicted molar refractivity (Wildman–Crippen MR) is 190 cm³/mol. The lowest BCUT2D eigenvalue weighted by molar-refractivity contribution is -0.106. The molecule has 1 saturated heterocycles. The van der Waals surface area contributed by atoms with Crippen molar-refractivity contribution in [3.63, 3.8) is 0 Å². The molecule has 248 valence electrons. The maximum Gasteiger partial charge on any atom is 0.200 e. The van der Waals surface area contributed by atoms with Gasteiger partial charge in [0.25, 0.3) is 0 Å². The first-order valence-corrected chi connectivity index (χ1v) is 15.9. The number of aldehydes is 1. The van der Waals surface area contributed by atoms with Crippen LogP contribution in [-0.2, 0) is 16.2 Å². The molecule has 0 radical (unpaired) electrons. The molecule has 1 unspecified atom stereocenters. The van der Waals surface area contributed by atoms with Crippen LogP contribution in [0, 0.1) is 11.7 Å². The Bertz CT molecular complexity index is 1590. The number of anilines is 1. The summed E-state index contributed by atoms with van der Waals surface area (Å²) in [5.41, 5.74) is 9.13. The first-order chi connectivity index (χ1) is 22.1. The van der Waals surface area contributed by atoms with E-state index in [-0.39, 0.29) is 29.3 Å². The van der Waals surface area contributed by atoms with Gasteiger partial charge >= 0.3 is 0 Å². The van der Waals surface area contributed by atoms with Gasteiger partial charge in [-0.1, -0.05) is 80.5 Å². The van der Waals surface area contributed by atoms with Crippen molar-refractivity contribution < 1.29 is 14.0 Å². The molecule has 3 aromatic rings. The summed E-state index contributed by atoms with van der Waals surface area (Å²) in [5, 5.41) is 4.92. The van der Waals surface area contributed by atoms with Gasteiger partial charge in [0.05, 0.1) is 16.8 Å². The van der Waals surface area contributed by atoms with Crippen LogP contribution >= 0.6 is 11.6 Å². The van der Waals surface area contributed by atoms with Crippen molar-refractivity contribution in [2.24, 2.45) is 16.8 Å². The van der Waals surface area contributed by atoms with E-state index in [1.807, 2.05) is 79.7 Å². The lowest BCUT2D eigenvalue weighted by Gasteiger charge is -2.34. The molecule has 2 heterocycles. The Morgan fingerprint density at radius 3 is 2.37 bits per heavy atom. The number of carbonyl (C=O) groups excluding carboxylic acids is 1. The van der Waals surface area contributed by atoms with Gasteiger partial charge < -0.3 is 29.7 Å². The number of halogens is 2. The van der Waals surface area contributed by atoms with Crippen LogP contribution in [0.2, 0.25) is 5.02 Å². The number of amidine groups is 1. The summed E-state index contributed by atoms with van der Waals surface area (Å²) >= 11 is 6.10. The predicted octanol–water partition coefficient (Wildman–Crippen LogP) is 6.79. The van der Waals surface area contributed by atoms with Crippen LogP contribution in [0.1, 0.15) is 45.7 Å². The van der Waals surface area contributed by atoms with E-state index in [4.69, 9.17) is 27.0 Å². The van der Waals surface area contributed by atoms with Crippen LogP contribution in [-0.4, -0.2) is 61.4 Å². The summed E-state index contributed by atoms with van der Waals surface area (Å²) in [7, 11) is 2.05. The summed E-state index contributed by atoms with van der Waals surface area (Å²) in [5.74, 6) is -0.476. The summed E-state index contributed by atoms with van der Waals surface area (Å²) in [6.45, 7) is 16.8. The van der Waals surface area contributed by atoms with Crippen molar-refractivity contribution in [2.75, 3.05) is 44.7 Å². The minimum absolute atomic E-state index is 0.0352. The highest BCUT2D eigenvalue weighted by Gasteiger charge is 2.21. The van der Waals surface area contributed by atoms with Crippen molar-refractivity contribution in [1.82, 2.24) is 9.47 Å². The normalized spacial score (nSPS) is 14.7. The third-order valence-corrected chi connectivity index (χ3v) is 7.60. The Labute approximate surface area is 277 Å². The molecule has 1 aliphatic heterocycles. The molecule has 0 bridgehead atoms. The van der Waals surface area contributed by atoms with E-state index in [0.717, 1.165) is 30.5 Å². The van der Waals surface area contributed by atoms with Crippen LogP contribution in [0.25, 0.3) is 10.9 Å². The van der Waals surface area contributed by atoms with Crippen LogP contribution in [0.15, 0.2) is 89.0 Å². The minimum Gasteiger partial charge on any atom is -0.393 e. The van der Waals surface area contributed by atoms with Gasteiger partial charge in [0, 0.05) is 55.2 Å². The molecule has 10 heteroatoms. The van der Waals surface area contributed by atoms with Crippen LogP contribution < -0.4 is 16.1 Å². The number of piperazine rings is 1. The number of aromatic nitrogens is 1. The number of allylic oxidation sites excluding steroid dienone is 4. The van der Waals surface area contributed by atoms with E-state index in [1.54, 1.807) is 18.3 Å². The molecule has 2 aromatic carbocycles. The van der Waals surface area contributed by atoms with Gasteiger partial charge in [-0.15, -0.1) is 0 Å². The van der Waals surface area contributed by atoms with E-state index in [1.165, 1.54) is 13.0 Å². The molecule has 1 fully saturated rings. The zero-order valence-corrected chi connectivity index (χ0v) is 28.6. The van der Waals surface area contributed by atoms with Gasteiger partial charge in [-0.05, 0) is 56.3 Å². The first-order valence-electron chi connectivity index (χ1n) is 15.5. The molecule has 1 aliphatic rings. The van der Waals surface area contributed by atoms with Crippen molar-refractivity contribution in [2.45, 2.75) is 41.2 Å². The van der Waals surface area contributed by atoms with Crippen molar-refractivity contribution in [3.8, 4) is 0 Å². The van der Waals surface area contributed by atoms with Crippen LogP contribution in [0.4, 0.5) is 10.1 Å². The average Bonchev–Trinajstić information content (AvgIpc) is 3.05. The number of likely N-dealkylation sites (N-methyl/N-ethyl adjacent to an activating group) is 1. The fourth-order valence-corrected chi connectivity index (χ4v) is 5.00. The Balaban J connectivity index is 0.00000139. The number of oxime groups is 1. The number of carbonyl (C=O) groups is 1. The highest BCUT2D eigenvalue weighted by Crippen LogP contribution is 2.27. The first kappa shape index (κ1) is 38.0. The summed E-state index contributed by atoms with van der Waals surface area (Å²) in [6, 6.07) is 10.5. The molecule has 0 spiro atoms. The third kappa shape index (κ3) is 10.4. The lowest BCUT2D eigenvalue weighted by atomic mass is 10.0. The lowest BCUT2D eigenvalue weighted by Crippen LogP contribution is -2.44.